The summed E-state index contributed by atoms with van der Waals surface area (Å²) in [7, 11) is 0. The molecule has 0 radical (unpaired) electrons. The van der Waals surface area contributed by atoms with E-state index in [9.17, 15) is 4.39 Å². The van der Waals surface area contributed by atoms with Crippen LogP contribution in [0.4, 0.5) is 10.2 Å². The van der Waals surface area contributed by atoms with Gasteiger partial charge in [-0.2, -0.15) is 4.98 Å². The maximum absolute atomic E-state index is 13.2. The Labute approximate surface area is 106 Å². The van der Waals surface area contributed by atoms with Gasteiger partial charge < -0.3 is 10.3 Å². The monoisotopic (exact) mass is 261 g/mol. The Balaban J connectivity index is 2.06. The van der Waals surface area contributed by atoms with Crippen molar-refractivity contribution in [3.8, 4) is 23.0 Å². The van der Waals surface area contributed by atoms with E-state index >= 15 is 0 Å². The SMILES string of the molecule is Cc1ccc(F)cc1-c1noc(-c2nonc2N)n1. The first-order valence-corrected chi connectivity index (χ1v) is 5.34. The van der Waals surface area contributed by atoms with E-state index < -0.39 is 0 Å². The highest BCUT2D eigenvalue weighted by Gasteiger charge is 2.18. The molecule has 2 N–H and O–H groups in total. The molecule has 96 valence electrons. The fourth-order valence-electron chi connectivity index (χ4n) is 1.61. The molecular formula is C11H8FN5O2. The van der Waals surface area contributed by atoms with Gasteiger partial charge in [0.15, 0.2) is 0 Å². The Bertz CT molecular complexity index is 736. The van der Waals surface area contributed by atoms with Gasteiger partial charge in [0.2, 0.25) is 17.3 Å². The number of anilines is 1. The van der Waals surface area contributed by atoms with Crippen molar-refractivity contribution in [1.82, 2.24) is 20.5 Å². The molecule has 3 rings (SSSR count). The smallest absolute Gasteiger partial charge is 0.284 e. The van der Waals surface area contributed by atoms with Crippen LogP contribution in [0.2, 0.25) is 0 Å². The van der Waals surface area contributed by atoms with Gasteiger partial charge in [0.05, 0.1) is 0 Å². The Morgan fingerprint density at radius 2 is 2.05 bits per heavy atom. The third kappa shape index (κ3) is 1.92. The van der Waals surface area contributed by atoms with Gasteiger partial charge in [-0.15, -0.1) is 0 Å². The molecule has 19 heavy (non-hydrogen) atoms. The van der Waals surface area contributed by atoms with Crippen LogP contribution in [0.15, 0.2) is 27.4 Å². The molecule has 0 atom stereocenters. The lowest BCUT2D eigenvalue weighted by Crippen LogP contribution is -1.89. The number of hydrogen-bond acceptors (Lipinski definition) is 7. The standard InChI is InChI=1S/C11H8FN5O2/c1-5-2-3-6(12)4-7(5)10-14-11(18-17-10)8-9(13)16-19-15-8/h2-4H,1H3,(H2,13,16). The second-order valence-electron chi connectivity index (χ2n) is 3.88. The number of aryl methyl sites for hydroxylation is 1. The van der Waals surface area contributed by atoms with Gasteiger partial charge in [-0.25, -0.2) is 9.02 Å². The molecule has 3 aromatic rings. The highest BCUT2D eigenvalue weighted by molar-refractivity contribution is 5.65. The zero-order valence-corrected chi connectivity index (χ0v) is 9.79. The first kappa shape index (κ1) is 11.3. The molecule has 0 bridgehead atoms. The molecule has 0 spiro atoms. The molecule has 0 fully saturated rings. The van der Waals surface area contributed by atoms with Crippen LogP contribution >= 0.6 is 0 Å². The molecule has 7 nitrogen and oxygen atoms in total. The van der Waals surface area contributed by atoms with E-state index in [2.05, 4.69) is 25.1 Å². The van der Waals surface area contributed by atoms with Crippen LogP contribution in [0.5, 0.6) is 0 Å². The zero-order valence-electron chi connectivity index (χ0n) is 9.79. The molecule has 0 unspecified atom stereocenters. The fraction of sp³-hybridized carbons (Fsp3) is 0.0909. The third-order valence-corrected chi connectivity index (χ3v) is 2.58. The number of nitrogen functional groups attached to an aromatic ring is 1. The summed E-state index contributed by atoms with van der Waals surface area (Å²) in [6.45, 7) is 1.82. The lowest BCUT2D eigenvalue weighted by Gasteiger charge is -1.99. The number of rotatable bonds is 2. The lowest BCUT2D eigenvalue weighted by atomic mass is 10.1. The summed E-state index contributed by atoms with van der Waals surface area (Å²) in [6.07, 6.45) is 0. The largest absolute Gasteiger partial charge is 0.379 e. The van der Waals surface area contributed by atoms with Crippen molar-refractivity contribution in [3.05, 3.63) is 29.6 Å². The van der Waals surface area contributed by atoms with Crippen LogP contribution in [0.3, 0.4) is 0 Å². The van der Waals surface area contributed by atoms with Crippen molar-refractivity contribution in [3.63, 3.8) is 0 Å². The van der Waals surface area contributed by atoms with E-state index in [1.807, 2.05) is 6.92 Å². The van der Waals surface area contributed by atoms with Crippen molar-refractivity contribution in [2.45, 2.75) is 6.92 Å². The second-order valence-corrected chi connectivity index (χ2v) is 3.88. The predicted octanol–water partition coefficient (Wildman–Crippen LogP) is 1.82. The Hall–Kier alpha value is -2.77. The summed E-state index contributed by atoms with van der Waals surface area (Å²) < 4.78 is 22.7. The van der Waals surface area contributed by atoms with E-state index in [-0.39, 0.29) is 29.0 Å². The van der Waals surface area contributed by atoms with Crippen molar-refractivity contribution in [2.75, 3.05) is 5.73 Å². The number of hydrogen-bond donors (Lipinski definition) is 1. The van der Waals surface area contributed by atoms with E-state index in [0.717, 1.165) is 5.56 Å². The Kier molecular flexibility index (Phi) is 2.48. The third-order valence-electron chi connectivity index (χ3n) is 2.58. The quantitative estimate of drug-likeness (QED) is 0.750. The predicted molar refractivity (Wildman–Crippen MR) is 62.1 cm³/mol. The van der Waals surface area contributed by atoms with Crippen LogP contribution in [-0.2, 0) is 0 Å². The van der Waals surface area contributed by atoms with E-state index in [1.165, 1.54) is 12.1 Å². The Morgan fingerprint density at radius 3 is 2.79 bits per heavy atom. The van der Waals surface area contributed by atoms with Gasteiger partial charge in [0.25, 0.3) is 5.89 Å². The van der Waals surface area contributed by atoms with Crippen LogP contribution in [0.1, 0.15) is 5.56 Å². The summed E-state index contributed by atoms with van der Waals surface area (Å²) in [4.78, 5) is 4.10. The van der Waals surface area contributed by atoms with Gasteiger partial charge in [0, 0.05) is 5.56 Å². The number of nitrogens with two attached hydrogens (primary N) is 1. The molecule has 0 aliphatic rings. The summed E-state index contributed by atoms with van der Waals surface area (Å²) >= 11 is 0. The van der Waals surface area contributed by atoms with Gasteiger partial charge in [-0.05, 0) is 34.9 Å². The van der Waals surface area contributed by atoms with Crippen LogP contribution in [-0.4, -0.2) is 20.5 Å². The summed E-state index contributed by atoms with van der Waals surface area (Å²) in [5.74, 6) is -0.0208. The fourth-order valence-corrected chi connectivity index (χ4v) is 1.61. The second kappa shape index (κ2) is 4.16. The number of benzene rings is 1. The molecule has 0 amide bonds. The van der Waals surface area contributed by atoms with Gasteiger partial charge >= 0.3 is 0 Å². The number of halogens is 1. The molecule has 1 aromatic carbocycles. The highest BCUT2D eigenvalue weighted by Crippen LogP contribution is 2.26. The van der Waals surface area contributed by atoms with E-state index in [1.54, 1.807) is 6.07 Å². The molecule has 8 heteroatoms. The summed E-state index contributed by atoms with van der Waals surface area (Å²) in [5, 5.41) is 10.7. The average molecular weight is 261 g/mol. The van der Waals surface area contributed by atoms with Gasteiger partial charge in [-0.1, -0.05) is 11.2 Å². The highest BCUT2D eigenvalue weighted by atomic mass is 19.1. The van der Waals surface area contributed by atoms with Crippen molar-refractivity contribution in [1.29, 1.82) is 0 Å². The molecule has 2 heterocycles. The molecule has 0 aliphatic carbocycles. The number of aromatic nitrogens is 4. The van der Waals surface area contributed by atoms with E-state index in [0.29, 0.717) is 5.56 Å². The Morgan fingerprint density at radius 1 is 1.21 bits per heavy atom. The topological polar surface area (TPSA) is 104 Å². The minimum absolute atomic E-state index is 0.0474. The zero-order chi connectivity index (χ0) is 13.4. The molecular weight excluding hydrogens is 253 g/mol. The van der Waals surface area contributed by atoms with Crippen molar-refractivity contribution >= 4 is 5.82 Å². The van der Waals surface area contributed by atoms with E-state index in [4.69, 9.17) is 10.3 Å². The first-order chi connectivity index (χ1) is 9.15. The van der Waals surface area contributed by atoms with Gasteiger partial charge in [-0.3, -0.25) is 0 Å². The lowest BCUT2D eigenvalue weighted by molar-refractivity contribution is 0.308. The summed E-state index contributed by atoms with van der Waals surface area (Å²) in [5.41, 5.74) is 7.03. The van der Waals surface area contributed by atoms with Crippen molar-refractivity contribution < 1.29 is 13.5 Å². The normalized spacial score (nSPS) is 10.8. The maximum Gasteiger partial charge on any atom is 0.284 e. The van der Waals surface area contributed by atoms with Crippen LogP contribution < -0.4 is 5.73 Å². The molecule has 0 saturated carbocycles. The minimum atomic E-state index is -0.380. The van der Waals surface area contributed by atoms with Crippen molar-refractivity contribution in [2.24, 2.45) is 0 Å². The number of nitrogens with zero attached hydrogens (tertiary/aromatic N) is 4. The average Bonchev–Trinajstić information content (AvgIpc) is 3.00. The molecule has 0 aliphatic heterocycles. The maximum atomic E-state index is 13.2. The summed E-state index contributed by atoms with van der Waals surface area (Å²) in [6, 6.07) is 4.32. The molecule has 2 aromatic heterocycles. The van der Waals surface area contributed by atoms with Gasteiger partial charge in [0.1, 0.15) is 5.82 Å². The minimum Gasteiger partial charge on any atom is -0.379 e. The van der Waals surface area contributed by atoms with Crippen LogP contribution in [0.25, 0.3) is 23.0 Å². The first-order valence-electron chi connectivity index (χ1n) is 5.34. The molecule has 0 saturated heterocycles. The van der Waals surface area contributed by atoms with Crippen LogP contribution in [0, 0.1) is 12.7 Å².